The van der Waals surface area contributed by atoms with Gasteiger partial charge in [-0.1, -0.05) is 0 Å². The number of sulfone groups is 1. The van der Waals surface area contributed by atoms with E-state index in [2.05, 4.69) is 25.3 Å². The topological polar surface area (TPSA) is 141 Å². The van der Waals surface area contributed by atoms with E-state index in [4.69, 9.17) is 5.73 Å². The second-order valence-corrected chi connectivity index (χ2v) is 11.2. The van der Waals surface area contributed by atoms with E-state index in [1.807, 2.05) is 7.05 Å². The highest BCUT2D eigenvalue weighted by Crippen LogP contribution is 2.29. The van der Waals surface area contributed by atoms with Gasteiger partial charge in [0.2, 0.25) is 15.7 Å². The minimum atomic E-state index is -4.29. The number of H-pyrrole nitrogens is 1. The van der Waals surface area contributed by atoms with E-state index < -0.39 is 38.2 Å². The molecule has 0 spiro atoms. The Morgan fingerprint density at radius 3 is 2.28 bits per heavy atom. The molecule has 13 heteroatoms. The number of primary amides is 1. The number of fused-ring (bicyclic) bond motifs is 1. The third kappa shape index (κ3) is 5.18. The van der Waals surface area contributed by atoms with Gasteiger partial charge in [-0.3, -0.25) is 14.7 Å². The highest BCUT2D eigenvalue weighted by Gasteiger charge is 2.24. The van der Waals surface area contributed by atoms with Gasteiger partial charge in [-0.15, -0.1) is 0 Å². The SMILES string of the molecule is CN1CCN(c2ccc(C(=O)Nc3n[nH]c4ccc(S(=O)(=O)c5cc(F)cc(F)c5)cc34)c(C(N)=O)c2)CC1. The molecule has 0 atom stereocenters. The van der Waals surface area contributed by atoms with Crippen molar-refractivity contribution in [3.63, 3.8) is 0 Å². The molecule has 3 aromatic carbocycles. The van der Waals surface area contributed by atoms with Gasteiger partial charge in [-0.05, 0) is 55.6 Å². The van der Waals surface area contributed by atoms with E-state index in [-0.39, 0.29) is 27.2 Å². The molecule has 1 aliphatic rings. The Hall–Kier alpha value is -4.36. The molecule has 5 rings (SSSR count). The molecule has 1 fully saturated rings. The molecule has 202 valence electrons. The van der Waals surface area contributed by atoms with Crippen LogP contribution in [0.25, 0.3) is 10.9 Å². The summed E-state index contributed by atoms with van der Waals surface area (Å²) < 4.78 is 53.5. The highest BCUT2D eigenvalue weighted by molar-refractivity contribution is 7.91. The Labute approximate surface area is 222 Å². The molecule has 0 unspecified atom stereocenters. The number of aromatic nitrogens is 2. The molecule has 1 aromatic heterocycles. The van der Waals surface area contributed by atoms with Gasteiger partial charge in [0.1, 0.15) is 11.6 Å². The second-order valence-electron chi connectivity index (χ2n) is 9.23. The zero-order valence-electron chi connectivity index (χ0n) is 20.7. The normalized spacial score (nSPS) is 14.5. The molecule has 0 aliphatic carbocycles. The number of piperazine rings is 1. The van der Waals surface area contributed by atoms with Crippen molar-refractivity contribution in [2.75, 3.05) is 43.4 Å². The number of anilines is 2. The number of carbonyl (C=O) groups is 2. The maximum absolute atomic E-state index is 13.7. The fourth-order valence-electron chi connectivity index (χ4n) is 4.45. The van der Waals surface area contributed by atoms with Crippen LogP contribution in [-0.2, 0) is 9.84 Å². The molecule has 4 aromatic rings. The summed E-state index contributed by atoms with van der Waals surface area (Å²) in [6.45, 7) is 3.22. The largest absolute Gasteiger partial charge is 0.369 e. The first-order valence-electron chi connectivity index (χ1n) is 11.9. The smallest absolute Gasteiger partial charge is 0.257 e. The molecule has 4 N–H and O–H groups in total. The first kappa shape index (κ1) is 26.3. The lowest BCUT2D eigenvalue weighted by molar-refractivity contribution is 0.0977. The van der Waals surface area contributed by atoms with Gasteiger partial charge in [0, 0.05) is 43.3 Å². The Balaban J connectivity index is 1.45. The van der Waals surface area contributed by atoms with Crippen LogP contribution in [0.5, 0.6) is 0 Å². The van der Waals surface area contributed by atoms with E-state index in [1.165, 1.54) is 24.3 Å². The number of carbonyl (C=O) groups excluding carboxylic acids is 2. The summed E-state index contributed by atoms with van der Waals surface area (Å²) in [5.74, 6) is -3.53. The summed E-state index contributed by atoms with van der Waals surface area (Å²) in [4.78, 5) is 28.9. The van der Waals surface area contributed by atoms with Gasteiger partial charge < -0.3 is 20.9 Å². The van der Waals surface area contributed by atoms with Gasteiger partial charge >= 0.3 is 0 Å². The number of halogens is 2. The van der Waals surface area contributed by atoms with E-state index in [9.17, 15) is 26.8 Å². The van der Waals surface area contributed by atoms with Crippen LogP contribution in [0.2, 0.25) is 0 Å². The van der Waals surface area contributed by atoms with E-state index in [0.29, 0.717) is 11.6 Å². The minimum absolute atomic E-state index is 0.00367. The van der Waals surface area contributed by atoms with Crippen LogP contribution in [0, 0.1) is 11.6 Å². The molecule has 1 aliphatic heterocycles. The number of likely N-dealkylation sites (N-methyl/N-ethyl adjacent to an activating group) is 1. The number of nitrogens with one attached hydrogen (secondary N) is 2. The first-order chi connectivity index (χ1) is 18.5. The molecular formula is C26H24F2N6O4S. The van der Waals surface area contributed by atoms with E-state index >= 15 is 0 Å². The van der Waals surface area contributed by atoms with Gasteiger partial charge in [-0.2, -0.15) is 5.10 Å². The van der Waals surface area contributed by atoms with Crippen molar-refractivity contribution in [3.05, 3.63) is 77.4 Å². The van der Waals surface area contributed by atoms with Crippen molar-refractivity contribution in [1.29, 1.82) is 0 Å². The Morgan fingerprint density at radius 2 is 1.62 bits per heavy atom. The molecule has 2 amide bonds. The van der Waals surface area contributed by atoms with Crippen molar-refractivity contribution in [1.82, 2.24) is 15.1 Å². The number of hydrogen-bond acceptors (Lipinski definition) is 7. The molecular weight excluding hydrogens is 530 g/mol. The highest BCUT2D eigenvalue weighted by atomic mass is 32.2. The lowest BCUT2D eigenvalue weighted by Crippen LogP contribution is -2.44. The fourth-order valence-corrected chi connectivity index (χ4v) is 5.77. The molecule has 2 heterocycles. The summed E-state index contributed by atoms with van der Waals surface area (Å²) in [6.07, 6.45) is 0. The standard InChI is InChI=1S/C26H24F2N6O4S/c1-33-6-8-34(9-7-33)17-2-4-20(21(13-17)24(29)35)26(36)30-25-22-14-18(3-5-23(22)31-32-25)39(37,38)19-11-15(27)10-16(28)12-19/h2-5,10-14H,6-9H2,1H3,(H2,29,35)(H2,30,31,32,36). The van der Waals surface area contributed by atoms with E-state index in [0.717, 1.165) is 44.0 Å². The van der Waals surface area contributed by atoms with Crippen molar-refractivity contribution in [2.24, 2.45) is 5.73 Å². The van der Waals surface area contributed by atoms with Gasteiger partial charge in [0.05, 0.1) is 26.4 Å². The molecule has 0 bridgehead atoms. The quantitative estimate of drug-likeness (QED) is 0.333. The zero-order valence-corrected chi connectivity index (χ0v) is 21.6. The Bertz CT molecular complexity index is 1690. The van der Waals surface area contributed by atoms with Crippen LogP contribution >= 0.6 is 0 Å². The maximum Gasteiger partial charge on any atom is 0.257 e. The molecule has 39 heavy (non-hydrogen) atoms. The van der Waals surface area contributed by atoms with Gasteiger partial charge in [-0.25, -0.2) is 17.2 Å². The first-order valence-corrected chi connectivity index (χ1v) is 13.4. The van der Waals surface area contributed by atoms with Gasteiger partial charge in [0.25, 0.3) is 5.91 Å². The van der Waals surface area contributed by atoms with Crippen LogP contribution in [0.4, 0.5) is 20.3 Å². The summed E-state index contributed by atoms with van der Waals surface area (Å²) in [7, 11) is -2.27. The third-order valence-corrected chi connectivity index (χ3v) is 8.34. The summed E-state index contributed by atoms with van der Waals surface area (Å²) in [5, 5.41) is 9.58. The molecule has 0 radical (unpaired) electrons. The average Bonchev–Trinajstić information content (AvgIpc) is 3.30. The summed E-state index contributed by atoms with van der Waals surface area (Å²) in [5.41, 5.74) is 6.81. The number of nitrogens with two attached hydrogens (primary N) is 1. The Kier molecular flexibility index (Phi) is 6.78. The lowest BCUT2D eigenvalue weighted by Gasteiger charge is -2.34. The lowest BCUT2D eigenvalue weighted by atomic mass is 10.0. The van der Waals surface area contributed by atoms with Crippen LogP contribution < -0.4 is 16.0 Å². The minimum Gasteiger partial charge on any atom is -0.369 e. The predicted octanol–water partition coefficient (Wildman–Crippen LogP) is 2.78. The predicted molar refractivity (Wildman–Crippen MR) is 141 cm³/mol. The summed E-state index contributed by atoms with van der Waals surface area (Å²) in [6, 6.07) is 10.7. The van der Waals surface area contributed by atoms with E-state index in [1.54, 1.807) is 12.1 Å². The van der Waals surface area contributed by atoms with Crippen molar-refractivity contribution < 1.29 is 26.8 Å². The maximum atomic E-state index is 13.7. The van der Waals surface area contributed by atoms with Gasteiger partial charge in [0.15, 0.2) is 5.82 Å². The third-order valence-electron chi connectivity index (χ3n) is 6.60. The molecule has 10 nitrogen and oxygen atoms in total. The van der Waals surface area contributed by atoms with Crippen LogP contribution in [-0.4, -0.2) is 68.6 Å². The fraction of sp³-hybridized carbons (Fsp3) is 0.192. The number of amides is 2. The number of rotatable bonds is 6. The summed E-state index contributed by atoms with van der Waals surface area (Å²) >= 11 is 0. The molecule has 0 saturated carbocycles. The van der Waals surface area contributed by atoms with Crippen molar-refractivity contribution >= 4 is 44.1 Å². The number of nitrogens with zero attached hydrogens (tertiary/aromatic N) is 3. The number of aromatic amines is 1. The monoisotopic (exact) mass is 554 g/mol. The van der Waals surface area contributed by atoms with Crippen LogP contribution in [0.3, 0.4) is 0 Å². The van der Waals surface area contributed by atoms with Crippen LogP contribution in [0.15, 0.2) is 64.4 Å². The molecule has 1 saturated heterocycles. The van der Waals surface area contributed by atoms with Crippen molar-refractivity contribution in [3.8, 4) is 0 Å². The number of benzene rings is 3. The zero-order chi connectivity index (χ0) is 27.9. The number of hydrogen-bond donors (Lipinski definition) is 3. The van der Waals surface area contributed by atoms with Crippen molar-refractivity contribution in [2.45, 2.75) is 9.79 Å². The average molecular weight is 555 g/mol. The van der Waals surface area contributed by atoms with Crippen LogP contribution in [0.1, 0.15) is 20.7 Å². The second kappa shape index (κ2) is 10.1. The Morgan fingerprint density at radius 1 is 0.923 bits per heavy atom.